The van der Waals surface area contributed by atoms with E-state index in [1.54, 1.807) is 19.1 Å². The molecule has 1 aromatic carbocycles. The molecule has 0 aliphatic carbocycles. The highest BCUT2D eigenvalue weighted by molar-refractivity contribution is 5.79. The van der Waals surface area contributed by atoms with Crippen LogP contribution in [0, 0.1) is 25.3 Å². The van der Waals surface area contributed by atoms with Gasteiger partial charge in [0.2, 0.25) is 0 Å². The second-order valence-corrected chi connectivity index (χ2v) is 4.82. The number of carbonyl (C=O) groups excluding carboxylic acids is 1. The fraction of sp³-hybridized carbons (Fsp3) is 0.429. The normalized spacial score (nSPS) is 18.7. The molecule has 0 N–H and O–H groups in total. The van der Waals surface area contributed by atoms with E-state index < -0.39 is 0 Å². The first-order valence-electron chi connectivity index (χ1n) is 6.08. The van der Waals surface area contributed by atoms with Crippen LogP contribution >= 0.6 is 0 Å². The third-order valence-electron chi connectivity index (χ3n) is 3.49. The highest BCUT2D eigenvalue weighted by atomic mass is 16.5. The van der Waals surface area contributed by atoms with E-state index in [2.05, 4.69) is 0 Å². The van der Waals surface area contributed by atoms with Gasteiger partial charge in [0.1, 0.15) is 5.75 Å². The van der Waals surface area contributed by atoms with E-state index in [9.17, 15) is 4.79 Å². The lowest BCUT2D eigenvalue weighted by Crippen LogP contribution is -2.26. The summed E-state index contributed by atoms with van der Waals surface area (Å²) >= 11 is 0. The van der Waals surface area contributed by atoms with Gasteiger partial charge in [-0.05, 0) is 19.4 Å². The lowest BCUT2D eigenvalue weighted by Gasteiger charge is -2.22. The molecule has 0 bridgehead atoms. The lowest BCUT2D eigenvalue weighted by atomic mass is 9.99. The average molecular weight is 259 g/mol. The Balaban J connectivity index is 2.48. The minimum Gasteiger partial charge on any atom is -0.496 e. The first-order chi connectivity index (χ1) is 8.99. The molecule has 1 saturated heterocycles. The molecule has 1 heterocycles. The summed E-state index contributed by atoms with van der Waals surface area (Å²) in [5.41, 5.74) is 3.10. The number of aryl methyl sites for hydroxylation is 2. The Morgan fingerprint density at radius 2 is 2.11 bits per heavy atom. The van der Waals surface area contributed by atoms with E-state index in [-0.39, 0.29) is 12.1 Å². The molecular formula is C14H17N3O2. The Morgan fingerprint density at radius 1 is 1.42 bits per heavy atom. The predicted molar refractivity (Wildman–Crippen MR) is 70.7 cm³/mol. The molecule has 1 fully saturated rings. The van der Waals surface area contributed by atoms with Gasteiger partial charge in [-0.3, -0.25) is 0 Å². The zero-order chi connectivity index (χ0) is 14.2. The Labute approximate surface area is 113 Å². The third-order valence-corrected chi connectivity index (χ3v) is 3.49. The molecular weight excluding hydrogens is 242 g/mol. The number of rotatable bonds is 2. The molecule has 100 valence electrons. The zero-order valence-electron chi connectivity index (χ0n) is 11.6. The Hall–Kier alpha value is -2.22. The largest absolute Gasteiger partial charge is 0.496 e. The number of likely N-dealkylation sites (N-methyl/N-ethyl adjacent to an activating group) is 1. The van der Waals surface area contributed by atoms with Crippen molar-refractivity contribution in [3.63, 3.8) is 0 Å². The van der Waals surface area contributed by atoms with Crippen molar-refractivity contribution in [1.82, 2.24) is 9.80 Å². The van der Waals surface area contributed by atoms with Gasteiger partial charge in [0, 0.05) is 12.6 Å². The summed E-state index contributed by atoms with van der Waals surface area (Å²) in [5, 5.41) is 8.95. The van der Waals surface area contributed by atoms with Gasteiger partial charge in [0.25, 0.3) is 0 Å². The van der Waals surface area contributed by atoms with E-state index in [1.807, 2.05) is 32.2 Å². The van der Waals surface area contributed by atoms with Gasteiger partial charge >= 0.3 is 6.03 Å². The summed E-state index contributed by atoms with van der Waals surface area (Å²) in [6.07, 6.45) is 1.91. The van der Waals surface area contributed by atoms with Crippen LogP contribution in [0.5, 0.6) is 5.75 Å². The topological polar surface area (TPSA) is 56.6 Å². The number of ether oxygens (including phenoxy) is 1. The van der Waals surface area contributed by atoms with Gasteiger partial charge in [-0.15, -0.1) is 0 Å². The van der Waals surface area contributed by atoms with Gasteiger partial charge in [-0.1, -0.05) is 17.7 Å². The van der Waals surface area contributed by atoms with Crippen molar-refractivity contribution in [2.24, 2.45) is 0 Å². The molecule has 0 saturated carbocycles. The number of carbonyl (C=O) groups is 1. The molecule has 5 heteroatoms. The molecule has 2 rings (SSSR count). The minimum atomic E-state index is -0.270. The van der Waals surface area contributed by atoms with Crippen LogP contribution in [0.25, 0.3) is 0 Å². The Bertz CT molecular complexity index is 563. The second-order valence-electron chi connectivity index (χ2n) is 4.82. The quantitative estimate of drug-likeness (QED) is 0.765. The third kappa shape index (κ3) is 2.10. The van der Waals surface area contributed by atoms with Crippen molar-refractivity contribution in [1.29, 1.82) is 5.26 Å². The number of nitriles is 1. The molecule has 19 heavy (non-hydrogen) atoms. The highest BCUT2D eigenvalue weighted by Gasteiger charge is 2.37. The molecule has 5 nitrogen and oxygen atoms in total. The number of hydrogen-bond acceptors (Lipinski definition) is 3. The SMILES string of the molecule is COc1c(C)cc(C)cc1C1CN(C#N)C(=O)N1C. The zero-order valence-corrected chi connectivity index (χ0v) is 11.6. The fourth-order valence-electron chi connectivity index (χ4n) is 2.60. The fourth-order valence-corrected chi connectivity index (χ4v) is 2.60. The van der Waals surface area contributed by atoms with Crippen molar-refractivity contribution < 1.29 is 9.53 Å². The van der Waals surface area contributed by atoms with Crippen LogP contribution in [-0.2, 0) is 0 Å². The number of nitrogens with zero attached hydrogens (tertiary/aromatic N) is 3. The first kappa shape index (κ1) is 13.2. The molecule has 1 unspecified atom stereocenters. The molecule has 2 amide bonds. The molecule has 1 aromatic rings. The molecule has 0 spiro atoms. The van der Waals surface area contributed by atoms with Crippen molar-refractivity contribution in [3.8, 4) is 11.9 Å². The molecule has 1 atom stereocenters. The Kier molecular flexibility index (Phi) is 3.34. The number of amides is 2. The highest BCUT2D eigenvalue weighted by Crippen LogP contribution is 2.36. The van der Waals surface area contributed by atoms with Gasteiger partial charge < -0.3 is 9.64 Å². The second kappa shape index (κ2) is 4.81. The summed E-state index contributed by atoms with van der Waals surface area (Å²) in [5.74, 6) is 0.787. The van der Waals surface area contributed by atoms with Gasteiger partial charge in [0.05, 0.1) is 19.7 Å². The van der Waals surface area contributed by atoms with Crippen LogP contribution < -0.4 is 4.74 Å². The number of methoxy groups -OCH3 is 1. The molecule has 0 radical (unpaired) electrons. The van der Waals surface area contributed by atoms with Crippen LogP contribution in [0.2, 0.25) is 0 Å². The van der Waals surface area contributed by atoms with Crippen molar-refractivity contribution in [2.75, 3.05) is 20.7 Å². The van der Waals surface area contributed by atoms with Crippen molar-refractivity contribution in [3.05, 3.63) is 28.8 Å². The summed E-state index contributed by atoms with van der Waals surface area (Å²) in [6, 6.07) is 3.64. The van der Waals surface area contributed by atoms with Crippen LogP contribution in [0.3, 0.4) is 0 Å². The predicted octanol–water partition coefficient (Wildman–Crippen LogP) is 2.20. The van der Waals surface area contributed by atoms with Gasteiger partial charge in [-0.25, -0.2) is 9.69 Å². The summed E-state index contributed by atoms with van der Waals surface area (Å²) in [4.78, 5) is 14.6. The summed E-state index contributed by atoms with van der Waals surface area (Å²) < 4.78 is 5.46. The van der Waals surface area contributed by atoms with E-state index in [1.165, 1.54) is 4.90 Å². The smallest absolute Gasteiger partial charge is 0.333 e. The van der Waals surface area contributed by atoms with Gasteiger partial charge in [-0.2, -0.15) is 5.26 Å². The van der Waals surface area contributed by atoms with E-state index in [4.69, 9.17) is 10.00 Å². The van der Waals surface area contributed by atoms with Crippen LogP contribution in [-0.4, -0.2) is 36.5 Å². The maximum Gasteiger partial charge on any atom is 0.333 e. The van der Waals surface area contributed by atoms with Crippen molar-refractivity contribution in [2.45, 2.75) is 19.9 Å². The van der Waals surface area contributed by atoms with Crippen molar-refractivity contribution >= 4 is 6.03 Å². The number of hydrogen-bond donors (Lipinski definition) is 0. The maximum atomic E-state index is 11.9. The van der Waals surface area contributed by atoms with E-state index in [0.29, 0.717) is 6.54 Å². The lowest BCUT2D eigenvalue weighted by molar-refractivity contribution is 0.205. The van der Waals surface area contributed by atoms with E-state index in [0.717, 1.165) is 22.4 Å². The van der Waals surface area contributed by atoms with Gasteiger partial charge in [0.15, 0.2) is 6.19 Å². The minimum absolute atomic E-state index is 0.152. The van der Waals surface area contributed by atoms with Crippen LogP contribution in [0.1, 0.15) is 22.7 Å². The molecule has 0 aromatic heterocycles. The standard InChI is InChI=1S/C14H17N3O2/c1-9-5-10(2)13(19-4)11(6-9)12-7-17(8-15)14(18)16(12)3/h5-6,12H,7H2,1-4H3. The Morgan fingerprint density at radius 3 is 2.63 bits per heavy atom. The first-order valence-corrected chi connectivity index (χ1v) is 6.08. The summed E-state index contributed by atoms with van der Waals surface area (Å²) in [7, 11) is 3.33. The average Bonchev–Trinajstić information content (AvgIpc) is 2.65. The molecule has 1 aliphatic heterocycles. The van der Waals surface area contributed by atoms with Crippen LogP contribution in [0.4, 0.5) is 4.79 Å². The van der Waals surface area contributed by atoms with E-state index >= 15 is 0 Å². The maximum absolute atomic E-state index is 11.9. The monoisotopic (exact) mass is 259 g/mol. The molecule has 1 aliphatic rings. The number of benzene rings is 1. The summed E-state index contributed by atoms with van der Waals surface area (Å²) in [6.45, 7) is 4.36. The van der Waals surface area contributed by atoms with Crippen LogP contribution in [0.15, 0.2) is 12.1 Å². The number of urea groups is 1.